The van der Waals surface area contributed by atoms with Crippen LogP contribution in [-0.2, 0) is 39.1 Å². The Morgan fingerprint density at radius 1 is 1.09 bits per heavy atom. The van der Waals surface area contributed by atoms with Gasteiger partial charge in [0.05, 0.1) is 23.0 Å². The van der Waals surface area contributed by atoms with Crippen molar-refractivity contribution >= 4 is 27.0 Å². The molecule has 4 rings (SSSR count). The summed E-state index contributed by atoms with van der Waals surface area (Å²) in [6.07, 6.45) is 3.58. The Hall–Kier alpha value is -2.91. The summed E-state index contributed by atoms with van der Waals surface area (Å²) < 4.78 is 40.4. The van der Waals surface area contributed by atoms with Gasteiger partial charge in [0.25, 0.3) is 0 Å². The van der Waals surface area contributed by atoms with E-state index in [1.807, 2.05) is 35.8 Å². The number of carbonyl (C=O) groups excluding carboxylic acids is 1. The zero-order chi connectivity index (χ0) is 24.1. The number of rotatable bonds is 9. The van der Waals surface area contributed by atoms with E-state index in [4.69, 9.17) is 9.47 Å². The molecule has 0 saturated carbocycles. The van der Waals surface area contributed by atoms with Gasteiger partial charge in [0.1, 0.15) is 18.2 Å². The number of hydrogen-bond donors (Lipinski definition) is 0. The predicted octanol–water partition coefficient (Wildman–Crippen LogP) is 3.92. The number of nitrogens with zero attached hydrogens (tertiary/aromatic N) is 3. The highest BCUT2D eigenvalue weighted by Crippen LogP contribution is 2.25. The second kappa shape index (κ2) is 10.6. The first-order valence-electron chi connectivity index (χ1n) is 11.7. The molecule has 3 aromatic rings. The van der Waals surface area contributed by atoms with Crippen LogP contribution in [0.1, 0.15) is 44.0 Å². The lowest BCUT2D eigenvalue weighted by atomic mass is 10.1. The van der Waals surface area contributed by atoms with E-state index in [1.165, 1.54) is 0 Å². The van der Waals surface area contributed by atoms with Crippen molar-refractivity contribution in [3.8, 4) is 5.75 Å². The fourth-order valence-electron chi connectivity index (χ4n) is 4.40. The topological polar surface area (TPSA) is 90.7 Å². The summed E-state index contributed by atoms with van der Waals surface area (Å²) >= 11 is 0. The van der Waals surface area contributed by atoms with E-state index < -0.39 is 10.0 Å². The van der Waals surface area contributed by atoms with Crippen LogP contribution in [0.5, 0.6) is 5.75 Å². The number of para-hydroxylation sites is 1. The Balaban J connectivity index is 1.46. The Morgan fingerprint density at radius 3 is 2.59 bits per heavy atom. The maximum Gasteiger partial charge on any atom is 0.306 e. The van der Waals surface area contributed by atoms with Gasteiger partial charge in [-0.05, 0) is 56.0 Å². The molecule has 34 heavy (non-hydrogen) atoms. The average molecular weight is 486 g/mol. The summed E-state index contributed by atoms with van der Waals surface area (Å²) in [6.45, 7) is 3.75. The molecule has 8 nitrogen and oxygen atoms in total. The molecule has 0 unspecified atom stereocenters. The normalized spacial score (nSPS) is 14.9. The van der Waals surface area contributed by atoms with Crippen molar-refractivity contribution in [2.24, 2.45) is 0 Å². The van der Waals surface area contributed by atoms with Crippen molar-refractivity contribution in [1.82, 2.24) is 13.9 Å². The van der Waals surface area contributed by atoms with Crippen LogP contribution in [0.2, 0.25) is 0 Å². The number of hydrogen-bond acceptors (Lipinski definition) is 6. The van der Waals surface area contributed by atoms with Gasteiger partial charge in [-0.15, -0.1) is 0 Å². The lowest BCUT2D eigenvalue weighted by Gasteiger charge is -2.25. The number of imidazole rings is 1. The van der Waals surface area contributed by atoms with Crippen LogP contribution >= 0.6 is 0 Å². The number of aryl methyl sites for hydroxylation is 2. The maximum absolute atomic E-state index is 13.1. The second-order valence-electron chi connectivity index (χ2n) is 8.36. The zero-order valence-electron chi connectivity index (χ0n) is 19.7. The average Bonchev–Trinajstić information content (AvgIpc) is 3.23. The molecule has 2 heterocycles. The van der Waals surface area contributed by atoms with Gasteiger partial charge < -0.3 is 14.0 Å². The number of benzene rings is 2. The number of fused-ring (bicyclic) bond motifs is 1. The number of aromatic nitrogens is 2. The second-order valence-corrected chi connectivity index (χ2v) is 10.3. The molecule has 0 bridgehead atoms. The Bertz CT molecular complexity index is 1260. The van der Waals surface area contributed by atoms with Gasteiger partial charge in [-0.25, -0.2) is 13.4 Å². The fraction of sp³-hybridized carbons (Fsp3) is 0.440. The van der Waals surface area contributed by atoms with E-state index in [-0.39, 0.29) is 23.9 Å². The molecule has 9 heteroatoms. The summed E-state index contributed by atoms with van der Waals surface area (Å²) in [4.78, 5) is 17.2. The molecule has 0 spiro atoms. The number of methoxy groups -OCH3 is 1. The molecule has 0 aliphatic carbocycles. The van der Waals surface area contributed by atoms with Crippen molar-refractivity contribution in [2.75, 3.05) is 20.2 Å². The summed E-state index contributed by atoms with van der Waals surface area (Å²) in [5.74, 6) is 1.02. The van der Waals surface area contributed by atoms with E-state index in [1.54, 1.807) is 29.6 Å². The van der Waals surface area contributed by atoms with Crippen molar-refractivity contribution in [1.29, 1.82) is 0 Å². The minimum Gasteiger partial charge on any atom is -0.496 e. The van der Waals surface area contributed by atoms with Crippen LogP contribution in [0, 0.1) is 0 Å². The Kier molecular flexibility index (Phi) is 7.53. The number of sulfonamides is 1. The minimum atomic E-state index is -3.54. The minimum absolute atomic E-state index is 0.0293. The lowest BCUT2D eigenvalue weighted by Crippen LogP contribution is -2.35. The van der Waals surface area contributed by atoms with Gasteiger partial charge in [-0.1, -0.05) is 24.6 Å². The molecule has 0 N–H and O–H groups in total. The lowest BCUT2D eigenvalue weighted by molar-refractivity contribution is -0.145. The standard InChI is InChI=1S/C25H31N3O5S/c1-3-28-22-13-12-20(34(30,31)27-15-7-4-8-16-27)17-21(22)26-24(28)18-33-25(29)14-11-19-9-5-6-10-23(19)32-2/h5-6,9-10,12-13,17H,3-4,7-8,11,14-16,18H2,1-2H3. The first-order valence-corrected chi connectivity index (χ1v) is 13.1. The molecular formula is C25H31N3O5S. The van der Waals surface area contributed by atoms with Gasteiger partial charge in [0.2, 0.25) is 10.0 Å². The molecule has 1 fully saturated rings. The van der Waals surface area contributed by atoms with Crippen molar-refractivity contribution in [2.45, 2.75) is 57.1 Å². The zero-order valence-corrected chi connectivity index (χ0v) is 20.5. The Labute approximate surface area is 200 Å². The molecule has 182 valence electrons. The first-order chi connectivity index (χ1) is 16.4. The summed E-state index contributed by atoms with van der Waals surface area (Å²) in [5, 5.41) is 0. The van der Waals surface area contributed by atoms with Gasteiger partial charge in [0.15, 0.2) is 0 Å². The third kappa shape index (κ3) is 5.10. The maximum atomic E-state index is 13.1. The van der Waals surface area contributed by atoms with E-state index in [9.17, 15) is 13.2 Å². The molecule has 1 aromatic heterocycles. The molecule has 0 radical (unpaired) electrons. The Morgan fingerprint density at radius 2 is 1.85 bits per heavy atom. The van der Waals surface area contributed by atoms with Crippen LogP contribution in [-0.4, -0.2) is 48.4 Å². The van der Waals surface area contributed by atoms with Gasteiger partial charge in [-0.3, -0.25) is 4.79 Å². The van der Waals surface area contributed by atoms with Gasteiger partial charge >= 0.3 is 5.97 Å². The van der Waals surface area contributed by atoms with Crippen molar-refractivity contribution in [3.63, 3.8) is 0 Å². The van der Waals surface area contributed by atoms with Crippen LogP contribution < -0.4 is 4.74 Å². The summed E-state index contributed by atoms with van der Waals surface area (Å²) in [7, 11) is -1.93. The highest BCUT2D eigenvalue weighted by Gasteiger charge is 2.26. The molecular weight excluding hydrogens is 454 g/mol. The molecule has 0 atom stereocenters. The molecule has 1 aliphatic rings. The number of piperidine rings is 1. The number of ether oxygens (including phenoxy) is 2. The third-order valence-electron chi connectivity index (χ3n) is 6.22. The van der Waals surface area contributed by atoms with Crippen LogP contribution in [0.3, 0.4) is 0 Å². The SMILES string of the molecule is CCn1c(COC(=O)CCc2ccccc2OC)nc2cc(S(=O)(=O)N3CCCCC3)ccc21. The van der Waals surface area contributed by atoms with Gasteiger partial charge in [-0.2, -0.15) is 4.31 Å². The van der Waals surface area contributed by atoms with Crippen LogP contribution in [0.15, 0.2) is 47.4 Å². The largest absolute Gasteiger partial charge is 0.496 e. The molecule has 1 aliphatic heterocycles. The summed E-state index contributed by atoms with van der Waals surface area (Å²) in [6, 6.07) is 12.6. The predicted molar refractivity (Wildman–Crippen MR) is 129 cm³/mol. The molecule has 2 aromatic carbocycles. The highest BCUT2D eigenvalue weighted by atomic mass is 32.2. The van der Waals surface area contributed by atoms with E-state index in [2.05, 4.69) is 4.98 Å². The van der Waals surface area contributed by atoms with Crippen molar-refractivity contribution in [3.05, 3.63) is 53.9 Å². The van der Waals surface area contributed by atoms with Crippen LogP contribution in [0.4, 0.5) is 0 Å². The number of esters is 1. The smallest absolute Gasteiger partial charge is 0.306 e. The van der Waals surface area contributed by atoms with Crippen molar-refractivity contribution < 1.29 is 22.7 Å². The summed E-state index contributed by atoms with van der Waals surface area (Å²) in [5.41, 5.74) is 2.35. The van der Waals surface area contributed by atoms with E-state index in [0.29, 0.717) is 37.4 Å². The fourth-order valence-corrected chi connectivity index (χ4v) is 5.94. The van der Waals surface area contributed by atoms with E-state index >= 15 is 0 Å². The molecule has 1 saturated heterocycles. The number of carbonyl (C=O) groups is 1. The molecule has 0 amide bonds. The highest BCUT2D eigenvalue weighted by molar-refractivity contribution is 7.89. The third-order valence-corrected chi connectivity index (χ3v) is 8.12. The monoisotopic (exact) mass is 485 g/mol. The van der Waals surface area contributed by atoms with Crippen LogP contribution in [0.25, 0.3) is 11.0 Å². The quantitative estimate of drug-likeness (QED) is 0.427. The van der Waals surface area contributed by atoms with E-state index in [0.717, 1.165) is 36.1 Å². The van der Waals surface area contributed by atoms with Gasteiger partial charge in [0, 0.05) is 26.1 Å². The first kappa shape index (κ1) is 24.2.